The maximum Gasteiger partial charge on any atom is 0.286 e. The summed E-state index contributed by atoms with van der Waals surface area (Å²) >= 11 is 0. The topological polar surface area (TPSA) is 116 Å². The van der Waals surface area contributed by atoms with Gasteiger partial charge in [-0.3, -0.25) is 14.5 Å². The Bertz CT molecular complexity index is 217. The van der Waals surface area contributed by atoms with Crippen molar-refractivity contribution >= 4 is 11.7 Å². The molecule has 0 aliphatic carbocycles. The first-order valence-corrected chi connectivity index (χ1v) is 5.09. The molecule has 0 heterocycles. The number of aliphatic hydroxyl groups excluding tert-OH is 2. The Balaban J connectivity index is 3.61. The number of carbonyl (C=O) groups excluding carboxylic acids is 2. The smallest absolute Gasteiger partial charge is 0.286 e. The first-order valence-electron chi connectivity index (χ1n) is 5.09. The molecule has 94 valence electrons. The Hall–Kier alpha value is -1.02. The van der Waals surface area contributed by atoms with E-state index in [0.717, 1.165) is 0 Å². The number of nitrogens with two attached hydrogens (primary N) is 1. The van der Waals surface area contributed by atoms with E-state index in [0.29, 0.717) is 26.2 Å². The molecule has 0 aromatic carbocycles. The quantitative estimate of drug-likeness (QED) is 0.235. The van der Waals surface area contributed by atoms with E-state index in [1.807, 2.05) is 4.90 Å². The number of nitrogens with one attached hydrogen (secondary N) is 1. The predicted octanol–water partition coefficient (Wildman–Crippen LogP) is -3.08. The Morgan fingerprint density at radius 3 is 2.12 bits per heavy atom. The van der Waals surface area contributed by atoms with E-state index in [1.54, 1.807) is 0 Å². The highest BCUT2D eigenvalue weighted by atomic mass is 16.3. The van der Waals surface area contributed by atoms with Gasteiger partial charge in [0.25, 0.3) is 5.91 Å². The third kappa shape index (κ3) is 7.30. The van der Waals surface area contributed by atoms with Crippen LogP contribution < -0.4 is 11.1 Å². The summed E-state index contributed by atoms with van der Waals surface area (Å²) < 4.78 is 0. The van der Waals surface area contributed by atoms with Gasteiger partial charge in [0.1, 0.15) is 0 Å². The molecule has 16 heavy (non-hydrogen) atoms. The van der Waals surface area contributed by atoms with Crippen molar-refractivity contribution in [1.29, 1.82) is 0 Å². The highest BCUT2D eigenvalue weighted by molar-refractivity contribution is 6.36. The molecule has 0 radical (unpaired) electrons. The molecule has 7 heteroatoms. The second-order valence-electron chi connectivity index (χ2n) is 3.25. The van der Waals surface area contributed by atoms with Crippen LogP contribution >= 0.6 is 0 Å². The SMILES string of the molecule is NC(=O)C(=O)CNCCN(CCO)CCO. The number of primary amides is 1. The summed E-state index contributed by atoms with van der Waals surface area (Å²) in [6.07, 6.45) is 0. The Morgan fingerprint density at radius 2 is 1.69 bits per heavy atom. The van der Waals surface area contributed by atoms with Gasteiger partial charge in [0.2, 0.25) is 5.78 Å². The second kappa shape index (κ2) is 9.22. The molecule has 0 rings (SSSR count). The highest BCUT2D eigenvalue weighted by Gasteiger charge is 2.08. The molecule has 0 saturated carbocycles. The minimum atomic E-state index is -0.949. The molecule has 0 saturated heterocycles. The lowest BCUT2D eigenvalue weighted by atomic mass is 10.3. The lowest BCUT2D eigenvalue weighted by Crippen LogP contribution is -2.39. The number of carbonyl (C=O) groups is 2. The number of ketones is 1. The standard InChI is InChI=1S/C9H19N3O4/c10-9(16)8(15)7-11-1-2-12(3-5-13)4-6-14/h11,13-14H,1-7H2,(H2,10,16). The van der Waals surface area contributed by atoms with E-state index in [-0.39, 0.29) is 19.8 Å². The zero-order chi connectivity index (χ0) is 12.4. The fourth-order valence-corrected chi connectivity index (χ4v) is 1.14. The zero-order valence-electron chi connectivity index (χ0n) is 9.19. The fourth-order valence-electron chi connectivity index (χ4n) is 1.14. The van der Waals surface area contributed by atoms with Crippen molar-refractivity contribution in [3.8, 4) is 0 Å². The summed E-state index contributed by atoms with van der Waals surface area (Å²) in [6.45, 7) is 1.94. The van der Waals surface area contributed by atoms with Gasteiger partial charge in [-0.2, -0.15) is 0 Å². The first-order chi connectivity index (χ1) is 7.61. The number of hydrogen-bond acceptors (Lipinski definition) is 6. The minimum absolute atomic E-state index is 0.0141. The van der Waals surface area contributed by atoms with Crippen molar-refractivity contribution in [2.45, 2.75) is 0 Å². The van der Waals surface area contributed by atoms with Gasteiger partial charge < -0.3 is 21.3 Å². The van der Waals surface area contributed by atoms with Crippen LogP contribution in [0.2, 0.25) is 0 Å². The normalized spacial score (nSPS) is 10.7. The van der Waals surface area contributed by atoms with Crippen LogP contribution in [0.1, 0.15) is 0 Å². The Morgan fingerprint density at radius 1 is 1.12 bits per heavy atom. The maximum absolute atomic E-state index is 10.8. The number of hydrogen-bond donors (Lipinski definition) is 4. The van der Waals surface area contributed by atoms with Gasteiger partial charge in [-0.1, -0.05) is 0 Å². The number of Topliss-reactive ketones (excluding diaryl/α,β-unsaturated/α-hetero) is 1. The molecule has 1 amide bonds. The molecular weight excluding hydrogens is 214 g/mol. The number of amides is 1. The molecule has 0 atom stereocenters. The van der Waals surface area contributed by atoms with E-state index in [2.05, 4.69) is 5.32 Å². The third-order valence-corrected chi connectivity index (χ3v) is 2.00. The molecule has 0 aromatic rings. The molecule has 0 fully saturated rings. The lowest BCUT2D eigenvalue weighted by Gasteiger charge is -2.19. The zero-order valence-corrected chi connectivity index (χ0v) is 9.19. The maximum atomic E-state index is 10.8. The molecule has 0 aliphatic rings. The number of aliphatic hydroxyl groups is 2. The molecule has 0 aromatic heterocycles. The number of rotatable bonds is 10. The molecule has 0 bridgehead atoms. The fraction of sp³-hybridized carbons (Fsp3) is 0.778. The van der Waals surface area contributed by atoms with Crippen molar-refractivity contribution in [3.05, 3.63) is 0 Å². The van der Waals surface area contributed by atoms with E-state index in [9.17, 15) is 9.59 Å². The Labute approximate surface area is 94.2 Å². The van der Waals surface area contributed by atoms with E-state index in [1.165, 1.54) is 0 Å². The molecule has 5 N–H and O–H groups in total. The summed E-state index contributed by atoms with van der Waals surface area (Å²) in [5.41, 5.74) is 4.77. The predicted molar refractivity (Wildman–Crippen MR) is 57.7 cm³/mol. The third-order valence-electron chi connectivity index (χ3n) is 2.00. The van der Waals surface area contributed by atoms with Crippen LogP contribution in [0.5, 0.6) is 0 Å². The second-order valence-corrected chi connectivity index (χ2v) is 3.25. The van der Waals surface area contributed by atoms with Crippen molar-refractivity contribution in [3.63, 3.8) is 0 Å². The molecular formula is C9H19N3O4. The van der Waals surface area contributed by atoms with Crippen LogP contribution in [0.3, 0.4) is 0 Å². The van der Waals surface area contributed by atoms with Crippen molar-refractivity contribution in [1.82, 2.24) is 10.2 Å². The van der Waals surface area contributed by atoms with E-state index < -0.39 is 11.7 Å². The number of nitrogens with zero attached hydrogens (tertiary/aromatic N) is 1. The average Bonchev–Trinajstić information content (AvgIpc) is 2.24. The van der Waals surface area contributed by atoms with Crippen LogP contribution in [0.15, 0.2) is 0 Å². The summed E-state index contributed by atoms with van der Waals surface area (Å²) in [5.74, 6) is -1.61. The Kier molecular flexibility index (Phi) is 8.64. The van der Waals surface area contributed by atoms with Gasteiger partial charge in [0.05, 0.1) is 19.8 Å². The van der Waals surface area contributed by atoms with Gasteiger partial charge in [-0.25, -0.2) is 0 Å². The van der Waals surface area contributed by atoms with Crippen molar-refractivity contribution in [2.24, 2.45) is 5.73 Å². The summed E-state index contributed by atoms with van der Waals surface area (Å²) in [5, 5.41) is 20.2. The molecule has 0 spiro atoms. The van der Waals surface area contributed by atoms with E-state index >= 15 is 0 Å². The summed E-state index contributed by atoms with van der Waals surface area (Å²) in [4.78, 5) is 23.0. The summed E-state index contributed by atoms with van der Waals surface area (Å²) in [6, 6.07) is 0. The van der Waals surface area contributed by atoms with Gasteiger partial charge in [-0.15, -0.1) is 0 Å². The van der Waals surface area contributed by atoms with Crippen LogP contribution in [0.4, 0.5) is 0 Å². The molecule has 7 nitrogen and oxygen atoms in total. The van der Waals surface area contributed by atoms with Crippen molar-refractivity contribution in [2.75, 3.05) is 45.9 Å². The van der Waals surface area contributed by atoms with Gasteiger partial charge in [-0.05, 0) is 0 Å². The summed E-state index contributed by atoms with van der Waals surface area (Å²) in [7, 11) is 0. The largest absolute Gasteiger partial charge is 0.395 e. The average molecular weight is 233 g/mol. The molecule has 0 aliphatic heterocycles. The van der Waals surface area contributed by atoms with Crippen LogP contribution in [-0.2, 0) is 9.59 Å². The lowest BCUT2D eigenvalue weighted by molar-refractivity contribution is -0.135. The minimum Gasteiger partial charge on any atom is -0.395 e. The first kappa shape index (κ1) is 15.0. The monoisotopic (exact) mass is 233 g/mol. The van der Waals surface area contributed by atoms with Crippen LogP contribution in [-0.4, -0.2) is 72.7 Å². The van der Waals surface area contributed by atoms with Gasteiger partial charge in [0.15, 0.2) is 0 Å². The van der Waals surface area contributed by atoms with Crippen LogP contribution in [0, 0.1) is 0 Å². The van der Waals surface area contributed by atoms with Crippen molar-refractivity contribution < 1.29 is 19.8 Å². The van der Waals surface area contributed by atoms with E-state index in [4.69, 9.17) is 15.9 Å². The van der Waals surface area contributed by atoms with Gasteiger partial charge >= 0.3 is 0 Å². The van der Waals surface area contributed by atoms with Gasteiger partial charge in [0, 0.05) is 26.2 Å². The van der Waals surface area contributed by atoms with Crippen LogP contribution in [0.25, 0.3) is 0 Å². The molecule has 0 unspecified atom stereocenters. The highest BCUT2D eigenvalue weighted by Crippen LogP contribution is 1.85.